The molecule has 0 spiro atoms. The van der Waals surface area contributed by atoms with Gasteiger partial charge in [0.1, 0.15) is 11.9 Å². The highest BCUT2D eigenvalue weighted by Crippen LogP contribution is 2.23. The van der Waals surface area contributed by atoms with E-state index in [1.54, 1.807) is 19.9 Å². The summed E-state index contributed by atoms with van der Waals surface area (Å²) < 4.78 is 37.6. The zero-order valence-electron chi connectivity index (χ0n) is 18.8. The minimum Gasteiger partial charge on any atom is -0.347 e. The number of carbonyl (C=O) groups excluding carboxylic acids is 3. The van der Waals surface area contributed by atoms with Gasteiger partial charge >= 0.3 is 0 Å². The van der Waals surface area contributed by atoms with Gasteiger partial charge in [-0.2, -0.15) is 5.26 Å². The lowest BCUT2D eigenvalue weighted by atomic mass is 10.1. The lowest BCUT2D eigenvalue weighted by Crippen LogP contribution is -2.37. The first-order chi connectivity index (χ1) is 14.3. The molecule has 1 aromatic heterocycles. The molecule has 0 saturated heterocycles. The van der Waals surface area contributed by atoms with Crippen molar-refractivity contribution in [2.75, 3.05) is 5.32 Å². The molecule has 0 fully saturated rings. The maximum absolute atomic E-state index is 13.5. The lowest BCUT2D eigenvalue weighted by Gasteiger charge is -2.09. The third-order valence-electron chi connectivity index (χ3n) is 4.06. The number of nitrogens with one attached hydrogen (secondary N) is 2. The first-order valence-electron chi connectivity index (χ1n) is 9.88. The van der Waals surface area contributed by atoms with Crippen molar-refractivity contribution in [3.63, 3.8) is 0 Å². The van der Waals surface area contributed by atoms with E-state index < -0.39 is 36.1 Å². The van der Waals surface area contributed by atoms with Crippen LogP contribution in [0.2, 0.25) is 0 Å². The molecule has 0 aliphatic rings. The largest absolute Gasteiger partial charge is 0.347 e. The van der Waals surface area contributed by atoms with Crippen molar-refractivity contribution in [1.29, 1.82) is 5.26 Å². The molecule has 0 atom stereocenters. The topological polar surface area (TPSA) is 104 Å². The van der Waals surface area contributed by atoms with E-state index in [4.69, 9.17) is 9.37 Å². The standard InChI is InChI=1S/C20H21FN4O3/c1-10(2)23-20(28)18(26)17-11(3)16(12(4)25(17)5)19(27)24-14-6-7-15(21)13(8-14)9-22/h6-8,10H,1-5H3,(H,23,28)(H,24,27)/i5D3. The van der Waals surface area contributed by atoms with Gasteiger partial charge in [0.15, 0.2) is 0 Å². The van der Waals surface area contributed by atoms with Gasteiger partial charge in [0.2, 0.25) is 0 Å². The highest BCUT2D eigenvalue weighted by molar-refractivity contribution is 6.43. The van der Waals surface area contributed by atoms with Crippen LogP contribution in [-0.2, 0) is 11.8 Å². The molecule has 0 aliphatic heterocycles. The van der Waals surface area contributed by atoms with Crippen molar-refractivity contribution < 1.29 is 22.9 Å². The molecule has 2 amide bonds. The van der Waals surface area contributed by atoms with E-state index in [0.717, 1.165) is 12.1 Å². The third kappa shape index (κ3) is 3.93. The maximum atomic E-state index is 13.5. The number of nitriles is 1. The Kier molecular flexibility index (Phi) is 4.79. The van der Waals surface area contributed by atoms with E-state index in [0.29, 0.717) is 4.57 Å². The van der Waals surface area contributed by atoms with Crippen LogP contribution in [0.15, 0.2) is 18.2 Å². The van der Waals surface area contributed by atoms with Gasteiger partial charge < -0.3 is 15.2 Å². The third-order valence-corrected chi connectivity index (χ3v) is 4.06. The van der Waals surface area contributed by atoms with Crippen LogP contribution in [0.5, 0.6) is 0 Å². The molecular weight excluding hydrogens is 363 g/mol. The first-order valence-corrected chi connectivity index (χ1v) is 8.38. The minimum atomic E-state index is -2.83. The molecule has 2 rings (SSSR count). The molecule has 0 saturated carbocycles. The molecule has 2 aromatic rings. The van der Waals surface area contributed by atoms with Crippen molar-refractivity contribution in [2.24, 2.45) is 6.98 Å². The number of hydrogen-bond donors (Lipinski definition) is 2. The summed E-state index contributed by atoms with van der Waals surface area (Å²) in [6.45, 7) is 3.16. The number of halogens is 1. The fourth-order valence-corrected chi connectivity index (χ4v) is 2.76. The zero-order valence-corrected chi connectivity index (χ0v) is 15.8. The molecule has 0 aliphatic carbocycles. The fraction of sp³-hybridized carbons (Fsp3) is 0.300. The molecule has 8 heteroatoms. The number of ketones is 1. The summed E-state index contributed by atoms with van der Waals surface area (Å²) in [5.74, 6) is -3.61. The maximum Gasteiger partial charge on any atom is 0.294 e. The number of benzene rings is 1. The van der Waals surface area contributed by atoms with Gasteiger partial charge in [-0.05, 0) is 51.5 Å². The minimum absolute atomic E-state index is 0.0117. The van der Waals surface area contributed by atoms with Gasteiger partial charge in [-0.3, -0.25) is 14.4 Å². The van der Waals surface area contributed by atoms with Crippen molar-refractivity contribution >= 4 is 23.3 Å². The van der Waals surface area contributed by atoms with Crippen molar-refractivity contribution in [3.8, 4) is 6.07 Å². The van der Waals surface area contributed by atoms with Crippen LogP contribution in [0.3, 0.4) is 0 Å². The number of hydrogen-bond acceptors (Lipinski definition) is 4. The summed E-state index contributed by atoms with van der Waals surface area (Å²) >= 11 is 0. The summed E-state index contributed by atoms with van der Waals surface area (Å²) in [7, 11) is 0. The lowest BCUT2D eigenvalue weighted by molar-refractivity contribution is -0.117. The molecule has 7 nitrogen and oxygen atoms in total. The second-order valence-electron chi connectivity index (χ2n) is 6.49. The van der Waals surface area contributed by atoms with E-state index in [-0.39, 0.29) is 34.1 Å². The smallest absolute Gasteiger partial charge is 0.294 e. The summed E-state index contributed by atoms with van der Waals surface area (Å²) in [5, 5.41) is 13.8. The number of nitrogens with zero attached hydrogens (tertiary/aromatic N) is 2. The Morgan fingerprint density at radius 3 is 2.54 bits per heavy atom. The quantitative estimate of drug-likeness (QED) is 0.608. The van der Waals surface area contributed by atoms with Crippen molar-refractivity contribution in [2.45, 2.75) is 33.7 Å². The number of rotatable bonds is 5. The van der Waals surface area contributed by atoms with Crippen LogP contribution in [0.4, 0.5) is 10.1 Å². The Balaban J connectivity index is 2.58. The average molecular weight is 387 g/mol. The Hall–Kier alpha value is -3.47. The first kappa shape index (κ1) is 16.7. The summed E-state index contributed by atoms with van der Waals surface area (Å²) in [6, 6.07) is 4.67. The molecule has 0 bridgehead atoms. The van der Waals surface area contributed by atoms with Gasteiger partial charge in [-0.15, -0.1) is 0 Å². The van der Waals surface area contributed by atoms with Gasteiger partial charge in [0.25, 0.3) is 17.6 Å². The predicted octanol–water partition coefficient (Wildman–Crippen LogP) is 2.61. The predicted molar refractivity (Wildman–Crippen MR) is 102 cm³/mol. The van der Waals surface area contributed by atoms with E-state index in [1.165, 1.54) is 19.9 Å². The Bertz CT molecular complexity index is 1110. The normalized spacial score (nSPS) is 12.5. The van der Waals surface area contributed by atoms with E-state index in [1.807, 2.05) is 0 Å². The fourth-order valence-electron chi connectivity index (χ4n) is 2.76. The molecule has 1 heterocycles. The molecule has 0 radical (unpaired) electrons. The number of amides is 2. The Morgan fingerprint density at radius 2 is 1.96 bits per heavy atom. The van der Waals surface area contributed by atoms with Crippen molar-refractivity contribution in [3.05, 3.63) is 52.1 Å². The van der Waals surface area contributed by atoms with Crippen LogP contribution in [0.1, 0.15) is 55.6 Å². The van der Waals surface area contributed by atoms with Crippen LogP contribution < -0.4 is 10.6 Å². The highest BCUT2D eigenvalue weighted by Gasteiger charge is 2.28. The SMILES string of the molecule is [2H]C([2H])([2H])n1c(C)c(C(=O)Nc2ccc(F)c(C#N)c2)c(C)c1C(=O)C(=O)NC(C)C. The Labute approximate surface area is 166 Å². The number of Topliss-reactive ketones (excluding diaryl/α,β-unsaturated/α-hetero) is 1. The second kappa shape index (κ2) is 8.05. The zero-order chi connectivity index (χ0) is 23.7. The van der Waals surface area contributed by atoms with E-state index in [2.05, 4.69) is 10.6 Å². The van der Waals surface area contributed by atoms with E-state index >= 15 is 0 Å². The molecule has 146 valence electrons. The van der Waals surface area contributed by atoms with Crippen LogP contribution in [0.25, 0.3) is 0 Å². The van der Waals surface area contributed by atoms with Gasteiger partial charge in [-0.25, -0.2) is 4.39 Å². The molecular formula is C20H21FN4O3. The van der Waals surface area contributed by atoms with Crippen LogP contribution >= 0.6 is 0 Å². The number of aromatic nitrogens is 1. The summed E-state index contributed by atoms with van der Waals surface area (Å²) in [6.07, 6.45) is 0. The van der Waals surface area contributed by atoms with Gasteiger partial charge in [0.05, 0.1) is 16.8 Å². The van der Waals surface area contributed by atoms with E-state index in [9.17, 15) is 18.8 Å². The molecule has 1 aromatic carbocycles. The summed E-state index contributed by atoms with van der Waals surface area (Å²) in [5.41, 5.74) is -0.741. The average Bonchev–Trinajstić information content (AvgIpc) is 2.92. The molecule has 28 heavy (non-hydrogen) atoms. The number of carbonyl (C=O) groups is 3. The number of anilines is 1. The molecule has 2 N–H and O–H groups in total. The summed E-state index contributed by atoms with van der Waals surface area (Å²) in [4.78, 5) is 37.9. The van der Waals surface area contributed by atoms with Crippen molar-refractivity contribution in [1.82, 2.24) is 9.88 Å². The van der Waals surface area contributed by atoms with Crippen LogP contribution in [-0.4, -0.2) is 28.2 Å². The Morgan fingerprint density at radius 1 is 1.29 bits per heavy atom. The van der Waals surface area contributed by atoms with Crippen LogP contribution in [0, 0.1) is 31.0 Å². The highest BCUT2D eigenvalue weighted by atomic mass is 19.1. The second-order valence-corrected chi connectivity index (χ2v) is 6.49. The van der Waals surface area contributed by atoms with Gasteiger partial charge in [-0.1, -0.05) is 0 Å². The monoisotopic (exact) mass is 387 g/mol. The van der Waals surface area contributed by atoms with Gasteiger partial charge in [0, 0.05) is 28.5 Å². The molecule has 0 unspecified atom stereocenters.